The molecule has 1 aromatic carbocycles. The van der Waals surface area contributed by atoms with Crippen molar-refractivity contribution in [2.24, 2.45) is 17.1 Å². The summed E-state index contributed by atoms with van der Waals surface area (Å²) in [4.78, 5) is 0.282. The SMILES string of the molecule is CCC(N)c1cccc(S(=O)(=O)NCC(C)C(C)(C)C)c1. The lowest BCUT2D eigenvalue weighted by molar-refractivity contribution is 0.263. The molecule has 0 aliphatic heterocycles. The quantitative estimate of drug-likeness (QED) is 0.848. The Morgan fingerprint density at radius 2 is 1.90 bits per heavy atom. The number of nitrogens with two attached hydrogens (primary N) is 1. The minimum Gasteiger partial charge on any atom is -0.324 e. The fraction of sp³-hybridized carbons (Fsp3) is 0.625. The first-order valence-electron chi connectivity index (χ1n) is 7.43. The normalized spacial score (nSPS) is 15.7. The van der Waals surface area contributed by atoms with Gasteiger partial charge in [-0.2, -0.15) is 0 Å². The van der Waals surface area contributed by atoms with Gasteiger partial charge in [-0.1, -0.05) is 46.8 Å². The zero-order chi connectivity index (χ0) is 16.3. The first kappa shape index (κ1) is 18.1. The highest BCUT2D eigenvalue weighted by Gasteiger charge is 2.23. The van der Waals surface area contributed by atoms with E-state index < -0.39 is 10.0 Å². The van der Waals surface area contributed by atoms with Crippen molar-refractivity contribution in [3.8, 4) is 0 Å². The maximum atomic E-state index is 12.4. The average Bonchev–Trinajstić information content (AvgIpc) is 2.43. The van der Waals surface area contributed by atoms with Crippen LogP contribution in [0.4, 0.5) is 0 Å². The maximum Gasteiger partial charge on any atom is 0.240 e. The minimum absolute atomic E-state index is 0.0644. The smallest absolute Gasteiger partial charge is 0.240 e. The van der Waals surface area contributed by atoms with Crippen LogP contribution in [0.1, 0.15) is 52.6 Å². The van der Waals surface area contributed by atoms with Crippen molar-refractivity contribution in [1.29, 1.82) is 0 Å². The second kappa shape index (κ2) is 6.90. The summed E-state index contributed by atoms with van der Waals surface area (Å²) in [5, 5.41) is 0. The van der Waals surface area contributed by atoms with Gasteiger partial charge in [-0.05, 0) is 35.4 Å². The Morgan fingerprint density at radius 1 is 1.29 bits per heavy atom. The van der Waals surface area contributed by atoms with E-state index in [0.717, 1.165) is 12.0 Å². The van der Waals surface area contributed by atoms with Crippen LogP contribution in [0.15, 0.2) is 29.2 Å². The number of sulfonamides is 1. The van der Waals surface area contributed by atoms with Crippen LogP contribution in [0.25, 0.3) is 0 Å². The van der Waals surface area contributed by atoms with Crippen LogP contribution in [0, 0.1) is 11.3 Å². The topological polar surface area (TPSA) is 72.2 Å². The van der Waals surface area contributed by atoms with Crippen LogP contribution < -0.4 is 10.5 Å². The third-order valence-corrected chi connectivity index (χ3v) is 5.52. The number of benzene rings is 1. The molecule has 0 fully saturated rings. The highest BCUT2D eigenvalue weighted by Crippen LogP contribution is 2.25. The minimum atomic E-state index is -3.49. The van der Waals surface area contributed by atoms with Crippen molar-refractivity contribution in [3.05, 3.63) is 29.8 Å². The summed E-state index contributed by atoms with van der Waals surface area (Å²) in [6.45, 7) is 10.8. The van der Waals surface area contributed by atoms with E-state index in [1.54, 1.807) is 18.2 Å². The second-order valence-electron chi connectivity index (χ2n) is 6.71. The molecule has 1 rings (SSSR count). The molecule has 0 aliphatic rings. The largest absolute Gasteiger partial charge is 0.324 e. The first-order valence-corrected chi connectivity index (χ1v) is 8.91. The van der Waals surface area contributed by atoms with Gasteiger partial charge in [-0.3, -0.25) is 0 Å². The van der Waals surface area contributed by atoms with Crippen molar-refractivity contribution in [1.82, 2.24) is 4.72 Å². The molecule has 5 heteroatoms. The Morgan fingerprint density at radius 3 is 2.43 bits per heavy atom. The van der Waals surface area contributed by atoms with Crippen LogP contribution in [-0.4, -0.2) is 15.0 Å². The molecule has 1 aromatic rings. The van der Waals surface area contributed by atoms with Gasteiger partial charge in [0.1, 0.15) is 0 Å². The lowest BCUT2D eigenvalue weighted by Gasteiger charge is -2.27. The molecule has 4 nitrogen and oxygen atoms in total. The Hall–Kier alpha value is -0.910. The summed E-state index contributed by atoms with van der Waals surface area (Å²) in [7, 11) is -3.49. The van der Waals surface area contributed by atoms with Gasteiger partial charge in [0.15, 0.2) is 0 Å². The van der Waals surface area contributed by atoms with Gasteiger partial charge < -0.3 is 5.73 Å². The standard InChI is InChI=1S/C16H28N2O2S/c1-6-15(17)13-8-7-9-14(10-13)21(19,20)18-11-12(2)16(3,4)5/h7-10,12,15,18H,6,11,17H2,1-5H3. The van der Waals surface area contributed by atoms with E-state index in [0.29, 0.717) is 6.54 Å². The van der Waals surface area contributed by atoms with E-state index in [1.807, 2.05) is 19.9 Å². The fourth-order valence-corrected chi connectivity index (χ4v) is 2.96. The molecule has 21 heavy (non-hydrogen) atoms. The van der Waals surface area contributed by atoms with Crippen molar-refractivity contribution in [2.45, 2.75) is 52.0 Å². The van der Waals surface area contributed by atoms with Gasteiger partial charge in [0.05, 0.1) is 4.90 Å². The van der Waals surface area contributed by atoms with Crippen LogP contribution >= 0.6 is 0 Å². The Kier molecular flexibility index (Phi) is 5.96. The molecule has 120 valence electrons. The molecule has 0 spiro atoms. The molecular formula is C16H28N2O2S. The highest BCUT2D eigenvalue weighted by atomic mass is 32.2. The number of nitrogens with one attached hydrogen (secondary N) is 1. The van der Waals surface area contributed by atoms with Gasteiger partial charge in [0.25, 0.3) is 0 Å². The summed E-state index contributed by atoms with van der Waals surface area (Å²) < 4.78 is 27.4. The molecule has 0 aromatic heterocycles. The summed E-state index contributed by atoms with van der Waals surface area (Å²) in [5.74, 6) is 0.244. The van der Waals surface area contributed by atoms with Crippen molar-refractivity contribution < 1.29 is 8.42 Å². The van der Waals surface area contributed by atoms with Crippen molar-refractivity contribution in [3.63, 3.8) is 0 Å². The lowest BCUT2D eigenvalue weighted by Crippen LogP contribution is -2.33. The van der Waals surface area contributed by atoms with E-state index >= 15 is 0 Å². The lowest BCUT2D eigenvalue weighted by atomic mass is 9.82. The third kappa shape index (κ3) is 5.09. The molecule has 0 amide bonds. The van der Waals surface area contributed by atoms with E-state index in [-0.39, 0.29) is 22.3 Å². The number of hydrogen-bond acceptors (Lipinski definition) is 3. The predicted molar refractivity (Wildman–Crippen MR) is 87.5 cm³/mol. The summed E-state index contributed by atoms with van der Waals surface area (Å²) in [5.41, 5.74) is 6.89. The molecule has 0 saturated carbocycles. The molecule has 0 saturated heterocycles. The van der Waals surface area contributed by atoms with E-state index in [1.165, 1.54) is 0 Å². The van der Waals surface area contributed by atoms with Gasteiger partial charge in [0, 0.05) is 12.6 Å². The van der Waals surface area contributed by atoms with E-state index in [4.69, 9.17) is 5.73 Å². The monoisotopic (exact) mass is 312 g/mol. The zero-order valence-electron chi connectivity index (χ0n) is 13.7. The third-order valence-electron chi connectivity index (χ3n) is 4.09. The van der Waals surface area contributed by atoms with Crippen LogP contribution in [-0.2, 0) is 10.0 Å². The number of hydrogen-bond donors (Lipinski definition) is 2. The molecule has 2 unspecified atom stereocenters. The van der Waals surface area contributed by atoms with Gasteiger partial charge in [0.2, 0.25) is 10.0 Å². The zero-order valence-corrected chi connectivity index (χ0v) is 14.5. The van der Waals surface area contributed by atoms with Crippen molar-refractivity contribution in [2.75, 3.05) is 6.54 Å². The molecule has 0 bridgehead atoms. The molecule has 0 heterocycles. The first-order chi connectivity index (χ1) is 9.58. The van der Waals surface area contributed by atoms with Crippen LogP contribution in [0.5, 0.6) is 0 Å². The highest BCUT2D eigenvalue weighted by molar-refractivity contribution is 7.89. The van der Waals surface area contributed by atoms with Crippen LogP contribution in [0.2, 0.25) is 0 Å². The van der Waals surface area contributed by atoms with E-state index in [9.17, 15) is 8.42 Å². The summed E-state index contributed by atoms with van der Waals surface area (Å²) in [6.07, 6.45) is 0.776. The molecule has 2 atom stereocenters. The Balaban J connectivity index is 2.89. The second-order valence-corrected chi connectivity index (χ2v) is 8.47. The maximum absolute atomic E-state index is 12.4. The van der Waals surface area contributed by atoms with E-state index in [2.05, 4.69) is 25.5 Å². The average molecular weight is 312 g/mol. The van der Waals surface area contributed by atoms with Gasteiger partial charge in [-0.25, -0.2) is 13.1 Å². The molecule has 3 N–H and O–H groups in total. The predicted octanol–water partition coefficient (Wildman–Crippen LogP) is 3.06. The summed E-state index contributed by atoms with van der Waals surface area (Å²) in [6, 6.07) is 6.75. The summed E-state index contributed by atoms with van der Waals surface area (Å²) >= 11 is 0. The number of rotatable bonds is 6. The Bertz CT molecular complexity index is 562. The Labute approximate surface area is 129 Å². The van der Waals surface area contributed by atoms with Crippen molar-refractivity contribution >= 4 is 10.0 Å². The van der Waals surface area contributed by atoms with Crippen LogP contribution in [0.3, 0.4) is 0 Å². The molecule has 0 radical (unpaired) electrons. The van der Waals surface area contributed by atoms with Gasteiger partial charge >= 0.3 is 0 Å². The molecule has 0 aliphatic carbocycles. The van der Waals surface area contributed by atoms with Gasteiger partial charge in [-0.15, -0.1) is 0 Å². The molecular weight excluding hydrogens is 284 g/mol. The fourth-order valence-electron chi connectivity index (χ4n) is 1.77.